The summed E-state index contributed by atoms with van der Waals surface area (Å²) >= 11 is 1.51. The topological polar surface area (TPSA) is 46.2 Å². The Morgan fingerprint density at radius 1 is 1.54 bits per heavy atom. The monoisotopic (exact) mass is 219 g/mol. The van der Waals surface area contributed by atoms with Gasteiger partial charge in [0.1, 0.15) is 0 Å². The Kier molecular flexibility index (Phi) is 3.47. The molecule has 0 aliphatic carbocycles. The van der Waals surface area contributed by atoms with E-state index < -0.39 is 10.0 Å². The SMILES string of the molecule is CC(C)NS(=O)(=O)Cc1ccsc1. The quantitative estimate of drug-likeness (QED) is 0.835. The molecule has 13 heavy (non-hydrogen) atoms. The van der Waals surface area contributed by atoms with Crippen LogP contribution in [0.25, 0.3) is 0 Å². The van der Waals surface area contributed by atoms with Crippen molar-refractivity contribution < 1.29 is 8.42 Å². The van der Waals surface area contributed by atoms with Crippen molar-refractivity contribution in [3.63, 3.8) is 0 Å². The van der Waals surface area contributed by atoms with Crippen LogP contribution >= 0.6 is 11.3 Å². The van der Waals surface area contributed by atoms with Crippen molar-refractivity contribution in [2.75, 3.05) is 0 Å². The molecule has 0 aliphatic heterocycles. The van der Waals surface area contributed by atoms with Gasteiger partial charge in [0.15, 0.2) is 0 Å². The maximum absolute atomic E-state index is 11.4. The minimum atomic E-state index is -3.15. The number of rotatable bonds is 4. The predicted molar refractivity (Wildman–Crippen MR) is 55.2 cm³/mol. The normalized spacial score (nSPS) is 12.2. The van der Waals surface area contributed by atoms with E-state index in [2.05, 4.69) is 4.72 Å². The molecule has 1 N–H and O–H groups in total. The third kappa shape index (κ3) is 3.89. The molecule has 74 valence electrons. The summed E-state index contributed by atoms with van der Waals surface area (Å²) in [5, 5.41) is 3.72. The minimum absolute atomic E-state index is 0.0383. The van der Waals surface area contributed by atoms with Gasteiger partial charge in [-0.3, -0.25) is 0 Å². The maximum Gasteiger partial charge on any atom is 0.216 e. The van der Waals surface area contributed by atoms with Crippen molar-refractivity contribution >= 4 is 21.4 Å². The van der Waals surface area contributed by atoms with Gasteiger partial charge in [-0.25, -0.2) is 13.1 Å². The Balaban J connectivity index is 2.63. The summed E-state index contributed by atoms with van der Waals surface area (Å²) in [5.41, 5.74) is 0.846. The number of nitrogens with one attached hydrogen (secondary N) is 1. The lowest BCUT2D eigenvalue weighted by Crippen LogP contribution is -2.31. The van der Waals surface area contributed by atoms with Crippen LogP contribution in [0.5, 0.6) is 0 Å². The van der Waals surface area contributed by atoms with Gasteiger partial charge in [-0.2, -0.15) is 11.3 Å². The zero-order chi connectivity index (χ0) is 9.90. The number of hydrogen-bond acceptors (Lipinski definition) is 3. The van der Waals surface area contributed by atoms with Gasteiger partial charge in [0, 0.05) is 6.04 Å². The number of hydrogen-bond donors (Lipinski definition) is 1. The molecular formula is C8H13NO2S2. The zero-order valence-corrected chi connectivity index (χ0v) is 9.28. The lowest BCUT2D eigenvalue weighted by Gasteiger charge is -2.07. The molecule has 0 amide bonds. The Hall–Kier alpha value is -0.390. The van der Waals surface area contributed by atoms with Crippen LogP contribution in [0.1, 0.15) is 19.4 Å². The summed E-state index contributed by atoms with van der Waals surface area (Å²) in [6.45, 7) is 3.62. The van der Waals surface area contributed by atoms with Gasteiger partial charge in [0.05, 0.1) is 5.75 Å². The maximum atomic E-state index is 11.4. The molecule has 1 aromatic rings. The van der Waals surface area contributed by atoms with Gasteiger partial charge in [0.25, 0.3) is 0 Å². The molecule has 0 bridgehead atoms. The van der Waals surface area contributed by atoms with Crippen molar-refractivity contribution in [2.24, 2.45) is 0 Å². The average Bonchev–Trinajstić information content (AvgIpc) is 2.34. The Bertz CT molecular complexity index is 340. The van der Waals surface area contributed by atoms with E-state index in [1.807, 2.05) is 30.7 Å². The van der Waals surface area contributed by atoms with Crippen LogP contribution in [0.4, 0.5) is 0 Å². The standard InChI is InChI=1S/C8H13NO2S2/c1-7(2)9-13(10,11)6-8-3-4-12-5-8/h3-5,7,9H,6H2,1-2H3. The van der Waals surface area contributed by atoms with E-state index in [-0.39, 0.29) is 11.8 Å². The van der Waals surface area contributed by atoms with Crippen molar-refractivity contribution in [1.82, 2.24) is 4.72 Å². The van der Waals surface area contributed by atoms with Crippen LogP contribution < -0.4 is 4.72 Å². The van der Waals surface area contributed by atoms with E-state index >= 15 is 0 Å². The highest BCUT2D eigenvalue weighted by atomic mass is 32.2. The molecular weight excluding hydrogens is 206 g/mol. The third-order valence-corrected chi connectivity index (χ3v) is 3.63. The van der Waals surface area contributed by atoms with Crippen LogP contribution in [0.15, 0.2) is 16.8 Å². The summed E-state index contributed by atoms with van der Waals surface area (Å²) < 4.78 is 25.3. The molecule has 0 spiro atoms. The highest BCUT2D eigenvalue weighted by molar-refractivity contribution is 7.88. The molecule has 0 unspecified atom stereocenters. The van der Waals surface area contributed by atoms with Gasteiger partial charge in [-0.15, -0.1) is 0 Å². The fraction of sp³-hybridized carbons (Fsp3) is 0.500. The average molecular weight is 219 g/mol. The molecule has 1 aromatic heterocycles. The Morgan fingerprint density at radius 2 is 2.23 bits per heavy atom. The predicted octanol–water partition coefficient (Wildman–Crippen LogP) is 1.58. The smallest absolute Gasteiger partial charge is 0.212 e. The summed E-state index contributed by atoms with van der Waals surface area (Å²) in [4.78, 5) is 0. The summed E-state index contributed by atoms with van der Waals surface area (Å²) in [6, 6.07) is 1.79. The molecule has 0 saturated carbocycles. The lowest BCUT2D eigenvalue weighted by molar-refractivity contribution is 0.569. The van der Waals surface area contributed by atoms with Gasteiger partial charge < -0.3 is 0 Å². The highest BCUT2D eigenvalue weighted by Gasteiger charge is 2.12. The first-order chi connectivity index (χ1) is 5.99. The van der Waals surface area contributed by atoms with E-state index in [1.165, 1.54) is 11.3 Å². The first-order valence-corrected chi connectivity index (χ1v) is 6.60. The van der Waals surface area contributed by atoms with E-state index in [0.717, 1.165) is 5.56 Å². The first-order valence-electron chi connectivity index (χ1n) is 4.01. The molecule has 3 nitrogen and oxygen atoms in total. The third-order valence-electron chi connectivity index (χ3n) is 1.35. The van der Waals surface area contributed by atoms with Crippen molar-refractivity contribution in [1.29, 1.82) is 0 Å². The van der Waals surface area contributed by atoms with Crippen LogP contribution in [0, 0.1) is 0 Å². The van der Waals surface area contributed by atoms with Crippen molar-refractivity contribution in [2.45, 2.75) is 25.6 Å². The molecule has 0 aliphatic rings. The van der Waals surface area contributed by atoms with Gasteiger partial charge in [-0.1, -0.05) is 0 Å². The summed E-state index contributed by atoms with van der Waals surface area (Å²) in [5.74, 6) is 0.0781. The zero-order valence-electron chi connectivity index (χ0n) is 7.65. The van der Waals surface area contributed by atoms with Crippen LogP contribution in [0.3, 0.4) is 0 Å². The lowest BCUT2D eigenvalue weighted by atomic mass is 10.4. The van der Waals surface area contributed by atoms with Crippen LogP contribution in [-0.2, 0) is 15.8 Å². The van der Waals surface area contributed by atoms with Crippen LogP contribution in [-0.4, -0.2) is 14.5 Å². The van der Waals surface area contributed by atoms with E-state index in [9.17, 15) is 8.42 Å². The van der Waals surface area contributed by atoms with Gasteiger partial charge in [0.2, 0.25) is 10.0 Å². The molecule has 0 radical (unpaired) electrons. The van der Waals surface area contributed by atoms with E-state index in [0.29, 0.717) is 0 Å². The van der Waals surface area contributed by atoms with Gasteiger partial charge >= 0.3 is 0 Å². The fourth-order valence-electron chi connectivity index (χ4n) is 0.995. The second-order valence-corrected chi connectivity index (χ2v) is 5.70. The molecule has 5 heteroatoms. The molecule has 0 atom stereocenters. The molecule has 1 rings (SSSR count). The number of sulfonamides is 1. The molecule has 0 saturated heterocycles. The largest absolute Gasteiger partial charge is 0.216 e. The minimum Gasteiger partial charge on any atom is -0.212 e. The van der Waals surface area contributed by atoms with Crippen molar-refractivity contribution in [3.05, 3.63) is 22.4 Å². The van der Waals surface area contributed by atoms with Crippen molar-refractivity contribution in [3.8, 4) is 0 Å². The van der Waals surface area contributed by atoms with E-state index in [1.54, 1.807) is 0 Å². The summed E-state index contributed by atoms with van der Waals surface area (Å²) in [7, 11) is -3.15. The first kappa shape index (κ1) is 10.7. The molecule has 0 fully saturated rings. The fourth-order valence-corrected chi connectivity index (χ4v) is 3.19. The molecule has 1 heterocycles. The van der Waals surface area contributed by atoms with Crippen LogP contribution in [0.2, 0.25) is 0 Å². The van der Waals surface area contributed by atoms with E-state index in [4.69, 9.17) is 0 Å². The second-order valence-electron chi connectivity index (χ2n) is 3.16. The summed E-state index contributed by atoms with van der Waals surface area (Å²) in [6.07, 6.45) is 0. The highest BCUT2D eigenvalue weighted by Crippen LogP contribution is 2.09. The second kappa shape index (κ2) is 4.21. The Labute approximate surface area is 82.8 Å². The number of thiophene rings is 1. The van der Waals surface area contributed by atoms with Gasteiger partial charge in [-0.05, 0) is 36.2 Å². The molecule has 0 aromatic carbocycles. The Morgan fingerprint density at radius 3 is 2.69 bits per heavy atom.